The topological polar surface area (TPSA) is 55.5 Å². The van der Waals surface area contributed by atoms with E-state index in [-0.39, 0.29) is 5.88 Å². The lowest BCUT2D eigenvalue weighted by molar-refractivity contribution is 0.504. The zero-order valence-corrected chi connectivity index (χ0v) is 5.78. The number of isocyanates is 1. The summed E-state index contributed by atoms with van der Waals surface area (Å²) in [5, 5.41) is 0. The molecular formula is C7H6N2O2. The molecule has 0 atom stereocenters. The normalized spacial score (nSPS) is 16.0. The molecule has 4 nitrogen and oxygen atoms in total. The first-order chi connectivity index (χ1) is 5.40. The highest BCUT2D eigenvalue weighted by Gasteiger charge is 2.28. The molecule has 1 aromatic heterocycles. The fraction of sp³-hybridized carbons (Fsp3) is 0.429. The standard InChI is InChI=1S/C7H6N2O2/c10-4-9-6-3-8-7(11-6)5-1-2-5/h3,5H,1-2H2. The Labute approximate surface area is 63.0 Å². The molecule has 0 bridgehead atoms. The van der Waals surface area contributed by atoms with Gasteiger partial charge in [-0.3, -0.25) is 0 Å². The predicted molar refractivity (Wildman–Crippen MR) is 36.3 cm³/mol. The zero-order chi connectivity index (χ0) is 7.68. The maximum Gasteiger partial charge on any atom is 0.250 e. The van der Waals surface area contributed by atoms with Gasteiger partial charge in [0, 0.05) is 5.92 Å². The molecule has 1 aromatic rings. The average molecular weight is 150 g/mol. The maximum atomic E-state index is 9.79. The van der Waals surface area contributed by atoms with Crippen molar-refractivity contribution in [1.29, 1.82) is 0 Å². The third-order valence-corrected chi connectivity index (χ3v) is 1.59. The Morgan fingerprint density at radius 1 is 1.73 bits per heavy atom. The zero-order valence-electron chi connectivity index (χ0n) is 5.78. The Kier molecular flexibility index (Phi) is 1.33. The summed E-state index contributed by atoms with van der Waals surface area (Å²) in [5.41, 5.74) is 0. The molecule has 0 radical (unpaired) electrons. The highest BCUT2D eigenvalue weighted by molar-refractivity contribution is 5.41. The van der Waals surface area contributed by atoms with Gasteiger partial charge in [0.1, 0.15) is 0 Å². The molecule has 1 heterocycles. The van der Waals surface area contributed by atoms with E-state index in [0.29, 0.717) is 11.8 Å². The molecule has 0 aliphatic heterocycles. The van der Waals surface area contributed by atoms with Crippen LogP contribution in [0.25, 0.3) is 0 Å². The van der Waals surface area contributed by atoms with Gasteiger partial charge in [0.05, 0.1) is 6.20 Å². The highest BCUT2D eigenvalue weighted by Crippen LogP contribution is 2.40. The molecule has 0 saturated heterocycles. The van der Waals surface area contributed by atoms with Crippen LogP contribution in [0.5, 0.6) is 0 Å². The molecule has 0 amide bonds. The second-order valence-electron chi connectivity index (χ2n) is 2.51. The minimum absolute atomic E-state index is 0.252. The van der Waals surface area contributed by atoms with Gasteiger partial charge in [-0.25, -0.2) is 9.78 Å². The van der Waals surface area contributed by atoms with E-state index in [9.17, 15) is 4.79 Å². The van der Waals surface area contributed by atoms with Gasteiger partial charge in [-0.05, 0) is 12.8 Å². The van der Waals surface area contributed by atoms with Crippen LogP contribution in [-0.4, -0.2) is 11.1 Å². The summed E-state index contributed by atoms with van der Waals surface area (Å²) in [5.74, 6) is 1.41. The fourth-order valence-corrected chi connectivity index (χ4v) is 0.894. The first-order valence-corrected chi connectivity index (χ1v) is 3.44. The van der Waals surface area contributed by atoms with Gasteiger partial charge in [0.15, 0.2) is 5.89 Å². The van der Waals surface area contributed by atoms with Crippen molar-refractivity contribution in [3.05, 3.63) is 12.1 Å². The van der Waals surface area contributed by atoms with Crippen LogP contribution in [0.3, 0.4) is 0 Å². The van der Waals surface area contributed by atoms with Crippen molar-refractivity contribution in [2.45, 2.75) is 18.8 Å². The lowest BCUT2D eigenvalue weighted by Gasteiger charge is -1.82. The van der Waals surface area contributed by atoms with Crippen molar-refractivity contribution in [3.63, 3.8) is 0 Å². The Hall–Kier alpha value is -1.41. The molecule has 1 aliphatic rings. The molecule has 1 fully saturated rings. The smallest absolute Gasteiger partial charge is 0.250 e. The number of aromatic nitrogens is 1. The van der Waals surface area contributed by atoms with E-state index in [1.807, 2.05) is 0 Å². The van der Waals surface area contributed by atoms with Gasteiger partial charge in [-0.2, -0.15) is 0 Å². The van der Waals surface area contributed by atoms with Gasteiger partial charge in [0.2, 0.25) is 12.0 Å². The third-order valence-electron chi connectivity index (χ3n) is 1.59. The highest BCUT2D eigenvalue weighted by atomic mass is 16.4. The number of oxazole rings is 1. The van der Waals surface area contributed by atoms with E-state index < -0.39 is 0 Å². The molecule has 4 heteroatoms. The van der Waals surface area contributed by atoms with E-state index in [4.69, 9.17) is 4.42 Å². The SMILES string of the molecule is O=C=Nc1cnc(C2CC2)o1. The molecular weight excluding hydrogens is 144 g/mol. The van der Waals surface area contributed by atoms with Crippen LogP contribution in [0.2, 0.25) is 0 Å². The van der Waals surface area contributed by atoms with Gasteiger partial charge >= 0.3 is 0 Å². The van der Waals surface area contributed by atoms with E-state index in [2.05, 4.69) is 9.98 Å². The predicted octanol–water partition coefficient (Wildman–Crippen LogP) is 1.52. The number of hydrogen-bond donors (Lipinski definition) is 0. The number of carbonyl (C=O) groups excluding carboxylic acids is 1. The van der Waals surface area contributed by atoms with Crippen LogP contribution >= 0.6 is 0 Å². The van der Waals surface area contributed by atoms with Crippen LogP contribution in [0.4, 0.5) is 5.88 Å². The molecule has 0 spiro atoms. The number of nitrogens with zero attached hydrogens (tertiary/aromatic N) is 2. The lowest BCUT2D eigenvalue weighted by atomic mass is 10.4. The lowest BCUT2D eigenvalue weighted by Crippen LogP contribution is -1.73. The molecule has 0 unspecified atom stereocenters. The number of hydrogen-bond acceptors (Lipinski definition) is 4. The quantitative estimate of drug-likeness (QED) is 0.474. The summed E-state index contributed by atoms with van der Waals surface area (Å²) >= 11 is 0. The molecule has 0 N–H and O–H groups in total. The Bertz CT molecular complexity index is 308. The van der Waals surface area contributed by atoms with Crippen molar-refractivity contribution < 1.29 is 9.21 Å². The summed E-state index contributed by atoms with van der Waals surface area (Å²) in [6, 6.07) is 0. The second-order valence-corrected chi connectivity index (χ2v) is 2.51. The monoisotopic (exact) mass is 150 g/mol. The van der Waals surface area contributed by atoms with Crippen LogP contribution in [0, 0.1) is 0 Å². The van der Waals surface area contributed by atoms with E-state index in [1.165, 1.54) is 12.3 Å². The average Bonchev–Trinajstić information content (AvgIpc) is 2.75. The summed E-state index contributed by atoms with van der Waals surface area (Å²) in [7, 11) is 0. The first-order valence-electron chi connectivity index (χ1n) is 3.44. The molecule has 0 aromatic carbocycles. The molecule has 1 aliphatic carbocycles. The Morgan fingerprint density at radius 2 is 2.55 bits per heavy atom. The summed E-state index contributed by atoms with van der Waals surface area (Å²) in [6.07, 6.45) is 5.10. The summed E-state index contributed by atoms with van der Waals surface area (Å²) in [6.45, 7) is 0. The Morgan fingerprint density at radius 3 is 3.18 bits per heavy atom. The van der Waals surface area contributed by atoms with Crippen molar-refractivity contribution >= 4 is 12.0 Å². The number of aliphatic imine (C=N–C) groups is 1. The van der Waals surface area contributed by atoms with E-state index in [0.717, 1.165) is 12.8 Å². The van der Waals surface area contributed by atoms with Gasteiger partial charge in [-0.1, -0.05) is 0 Å². The van der Waals surface area contributed by atoms with Crippen LogP contribution in [-0.2, 0) is 4.79 Å². The Balaban J connectivity index is 2.24. The van der Waals surface area contributed by atoms with Crippen LogP contribution in [0.15, 0.2) is 15.6 Å². The maximum absolute atomic E-state index is 9.79. The van der Waals surface area contributed by atoms with Gasteiger partial charge in [0.25, 0.3) is 0 Å². The largest absolute Gasteiger partial charge is 0.422 e. The van der Waals surface area contributed by atoms with Crippen molar-refractivity contribution in [3.8, 4) is 0 Å². The minimum Gasteiger partial charge on any atom is -0.422 e. The summed E-state index contributed by atoms with van der Waals surface area (Å²) in [4.78, 5) is 17.0. The van der Waals surface area contributed by atoms with Gasteiger partial charge < -0.3 is 4.42 Å². The number of rotatable bonds is 2. The van der Waals surface area contributed by atoms with Crippen molar-refractivity contribution in [1.82, 2.24) is 4.98 Å². The molecule has 2 rings (SSSR count). The third kappa shape index (κ3) is 1.21. The van der Waals surface area contributed by atoms with E-state index >= 15 is 0 Å². The fourth-order valence-electron chi connectivity index (χ4n) is 0.894. The van der Waals surface area contributed by atoms with Gasteiger partial charge in [-0.15, -0.1) is 4.99 Å². The van der Waals surface area contributed by atoms with Crippen LogP contribution in [0.1, 0.15) is 24.7 Å². The molecule has 56 valence electrons. The first kappa shape index (κ1) is 6.31. The molecule has 11 heavy (non-hydrogen) atoms. The van der Waals surface area contributed by atoms with Crippen molar-refractivity contribution in [2.24, 2.45) is 4.99 Å². The second kappa shape index (κ2) is 2.32. The minimum atomic E-state index is 0.252. The van der Waals surface area contributed by atoms with Crippen molar-refractivity contribution in [2.75, 3.05) is 0 Å². The van der Waals surface area contributed by atoms with Crippen LogP contribution < -0.4 is 0 Å². The molecule has 1 saturated carbocycles. The summed E-state index contributed by atoms with van der Waals surface area (Å²) < 4.78 is 5.11. The van der Waals surface area contributed by atoms with E-state index in [1.54, 1.807) is 0 Å².